The molecule has 0 aromatic heterocycles. The van der Waals surface area contributed by atoms with Crippen molar-refractivity contribution >= 4 is 5.91 Å². The lowest BCUT2D eigenvalue weighted by molar-refractivity contribution is -0.134. The number of carbonyl (C=O) groups excluding carboxylic acids is 1. The van der Waals surface area contributed by atoms with Crippen molar-refractivity contribution in [3.8, 4) is 6.07 Å². The Bertz CT molecular complexity index is 148. The highest BCUT2D eigenvalue weighted by Gasteiger charge is 2.35. The number of carbonyl (C=O) groups is 1. The average Bonchev–Trinajstić information content (AvgIpc) is 1.67. The summed E-state index contributed by atoms with van der Waals surface area (Å²) in [6.07, 6.45) is 0. The normalized spacial score (nSPS) is 10.1. The molecule has 2 N–H and O–H groups in total. The van der Waals surface area contributed by atoms with E-state index in [2.05, 4.69) is 5.73 Å². The molecule has 44 valence electrons. The Morgan fingerprint density at radius 1 is 1.75 bits per heavy atom. The summed E-state index contributed by atoms with van der Waals surface area (Å²) in [7, 11) is 0. The maximum atomic E-state index is 11.4. The molecular weight excluding hydrogens is 118 g/mol. The zero-order chi connectivity index (χ0) is 6.78. The molecular formula is C3H2F2N2O. The number of nitrogens with zero attached hydrogens (tertiary/aromatic N) is 1. The third-order valence-corrected chi connectivity index (χ3v) is 0.450. The lowest BCUT2D eigenvalue weighted by Crippen LogP contribution is -2.33. The summed E-state index contributed by atoms with van der Waals surface area (Å²) in [5.74, 6) is -5.93. The molecule has 0 saturated carbocycles. The van der Waals surface area contributed by atoms with Crippen LogP contribution in [0.25, 0.3) is 0 Å². The Morgan fingerprint density at radius 3 is 2.12 bits per heavy atom. The van der Waals surface area contributed by atoms with E-state index in [0.717, 1.165) is 0 Å². The van der Waals surface area contributed by atoms with Crippen molar-refractivity contribution in [2.24, 2.45) is 5.73 Å². The number of alkyl halides is 2. The van der Waals surface area contributed by atoms with Gasteiger partial charge in [0.05, 0.1) is 0 Å². The smallest absolute Gasteiger partial charge is 0.363 e. The first-order valence-corrected chi connectivity index (χ1v) is 1.59. The van der Waals surface area contributed by atoms with E-state index in [1.54, 1.807) is 0 Å². The number of amides is 1. The molecule has 0 aromatic rings. The van der Waals surface area contributed by atoms with Gasteiger partial charge in [-0.25, -0.2) is 0 Å². The van der Waals surface area contributed by atoms with Crippen LogP contribution in [0.15, 0.2) is 0 Å². The van der Waals surface area contributed by atoms with Crippen molar-refractivity contribution in [1.29, 1.82) is 5.26 Å². The predicted molar refractivity (Wildman–Crippen MR) is 19.8 cm³/mol. The molecule has 0 radical (unpaired) electrons. The van der Waals surface area contributed by atoms with E-state index in [4.69, 9.17) is 5.26 Å². The summed E-state index contributed by atoms with van der Waals surface area (Å²) in [6, 6.07) is 0.433. The molecule has 8 heavy (non-hydrogen) atoms. The largest absolute Gasteiger partial charge is 0.408 e. The SMILES string of the molecule is N#CC(F)(F)C(N)=O. The molecule has 0 heterocycles. The van der Waals surface area contributed by atoms with E-state index in [1.165, 1.54) is 0 Å². The van der Waals surface area contributed by atoms with E-state index in [-0.39, 0.29) is 0 Å². The molecule has 0 spiro atoms. The number of primary amides is 1. The van der Waals surface area contributed by atoms with Gasteiger partial charge in [-0.2, -0.15) is 14.0 Å². The van der Waals surface area contributed by atoms with Gasteiger partial charge in [-0.15, -0.1) is 0 Å². The standard InChI is InChI=1S/C3H2F2N2O/c4-3(5,1-6)2(7)8/h(H2,7,8). The summed E-state index contributed by atoms with van der Waals surface area (Å²) in [6.45, 7) is 0. The van der Waals surface area contributed by atoms with Crippen molar-refractivity contribution in [2.75, 3.05) is 0 Å². The fraction of sp³-hybridized carbons (Fsp3) is 0.333. The van der Waals surface area contributed by atoms with Crippen molar-refractivity contribution in [2.45, 2.75) is 5.92 Å². The van der Waals surface area contributed by atoms with E-state index in [1.807, 2.05) is 0 Å². The molecule has 0 aliphatic carbocycles. The van der Waals surface area contributed by atoms with Crippen molar-refractivity contribution in [3.63, 3.8) is 0 Å². The maximum absolute atomic E-state index is 11.4. The minimum atomic E-state index is -4.01. The second-order valence-corrected chi connectivity index (χ2v) is 1.05. The number of nitrogens with two attached hydrogens (primary N) is 1. The number of halogens is 2. The Balaban J connectivity index is 4.19. The first-order chi connectivity index (χ1) is 3.50. The van der Waals surface area contributed by atoms with Crippen LogP contribution in [0.5, 0.6) is 0 Å². The van der Waals surface area contributed by atoms with Gasteiger partial charge in [-0.05, 0) is 0 Å². The van der Waals surface area contributed by atoms with Crippen LogP contribution in [0.3, 0.4) is 0 Å². The number of rotatable bonds is 1. The van der Waals surface area contributed by atoms with Crippen LogP contribution in [-0.4, -0.2) is 11.8 Å². The third kappa shape index (κ3) is 1.15. The lowest BCUT2D eigenvalue weighted by atomic mass is 10.4. The average molecular weight is 120 g/mol. The number of nitriles is 1. The Morgan fingerprint density at radius 2 is 2.12 bits per heavy atom. The molecule has 0 unspecified atom stereocenters. The van der Waals surface area contributed by atoms with Crippen LogP contribution in [0.2, 0.25) is 0 Å². The second kappa shape index (κ2) is 1.74. The minimum Gasteiger partial charge on any atom is -0.363 e. The molecule has 3 nitrogen and oxygen atoms in total. The zero-order valence-electron chi connectivity index (χ0n) is 3.69. The molecule has 0 bridgehead atoms. The first-order valence-electron chi connectivity index (χ1n) is 1.59. The van der Waals surface area contributed by atoms with Crippen LogP contribution in [0.1, 0.15) is 0 Å². The monoisotopic (exact) mass is 120 g/mol. The topological polar surface area (TPSA) is 66.9 Å². The van der Waals surface area contributed by atoms with Crippen molar-refractivity contribution in [1.82, 2.24) is 0 Å². The van der Waals surface area contributed by atoms with Crippen LogP contribution < -0.4 is 5.73 Å². The van der Waals surface area contributed by atoms with E-state index >= 15 is 0 Å². The first kappa shape index (κ1) is 6.82. The molecule has 0 aliphatic rings. The van der Waals surface area contributed by atoms with Gasteiger partial charge in [0.2, 0.25) is 0 Å². The van der Waals surface area contributed by atoms with E-state index < -0.39 is 11.8 Å². The van der Waals surface area contributed by atoms with Gasteiger partial charge < -0.3 is 5.73 Å². The van der Waals surface area contributed by atoms with Gasteiger partial charge in [-0.1, -0.05) is 0 Å². The van der Waals surface area contributed by atoms with Crippen LogP contribution in [0, 0.1) is 11.3 Å². The minimum absolute atomic E-state index is 0.433. The Labute approximate surface area is 43.7 Å². The van der Waals surface area contributed by atoms with Gasteiger partial charge >= 0.3 is 11.8 Å². The molecule has 0 rings (SSSR count). The maximum Gasteiger partial charge on any atom is 0.408 e. The van der Waals surface area contributed by atoms with Gasteiger partial charge in [-0.3, -0.25) is 4.79 Å². The fourth-order valence-electron chi connectivity index (χ4n) is 0.0551. The molecule has 1 amide bonds. The summed E-state index contributed by atoms with van der Waals surface area (Å²) in [5.41, 5.74) is 4.07. The van der Waals surface area contributed by atoms with E-state index in [0.29, 0.717) is 6.07 Å². The summed E-state index contributed by atoms with van der Waals surface area (Å²) in [5, 5.41) is 7.46. The van der Waals surface area contributed by atoms with Gasteiger partial charge in [0.1, 0.15) is 6.07 Å². The zero-order valence-corrected chi connectivity index (χ0v) is 3.69. The summed E-state index contributed by atoms with van der Waals surface area (Å²) < 4.78 is 22.9. The molecule has 0 aromatic carbocycles. The molecule has 0 aliphatic heterocycles. The highest BCUT2D eigenvalue weighted by atomic mass is 19.3. The van der Waals surface area contributed by atoms with Gasteiger partial charge in [0, 0.05) is 0 Å². The Hall–Kier alpha value is -1.18. The van der Waals surface area contributed by atoms with Crippen LogP contribution in [0.4, 0.5) is 8.78 Å². The number of hydrogen-bond acceptors (Lipinski definition) is 2. The highest BCUT2D eigenvalue weighted by Crippen LogP contribution is 2.08. The predicted octanol–water partition coefficient (Wildman–Crippen LogP) is -0.369. The van der Waals surface area contributed by atoms with E-state index in [9.17, 15) is 13.6 Å². The number of hydrogen-bond donors (Lipinski definition) is 1. The summed E-state index contributed by atoms with van der Waals surface area (Å²) in [4.78, 5) is 9.50. The molecule has 0 fully saturated rings. The van der Waals surface area contributed by atoms with Gasteiger partial charge in [0.25, 0.3) is 0 Å². The molecule has 0 saturated heterocycles. The van der Waals surface area contributed by atoms with Crippen molar-refractivity contribution in [3.05, 3.63) is 0 Å². The second-order valence-electron chi connectivity index (χ2n) is 1.05. The quantitative estimate of drug-likeness (QED) is 0.513. The van der Waals surface area contributed by atoms with Crippen molar-refractivity contribution < 1.29 is 13.6 Å². The lowest BCUT2D eigenvalue weighted by Gasteiger charge is -1.97. The molecule has 5 heteroatoms. The Kier molecular flexibility index (Phi) is 1.48. The van der Waals surface area contributed by atoms with Gasteiger partial charge in [0.15, 0.2) is 0 Å². The molecule has 0 atom stereocenters. The highest BCUT2D eigenvalue weighted by molar-refractivity contribution is 5.84. The summed E-state index contributed by atoms with van der Waals surface area (Å²) >= 11 is 0. The third-order valence-electron chi connectivity index (χ3n) is 0.450. The van der Waals surface area contributed by atoms with Crippen LogP contribution >= 0.6 is 0 Å². The van der Waals surface area contributed by atoms with Crippen LogP contribution in [-0.2, 0) is 4.79 Å². The fourth-order valence-corrected chi connectivity index (χ4v) is 0.0551.